The Morgan fingerprint density at radius 1 is 1.35 bits per heavy atom. The number of hydrogen-bond acceptors (Lipinski definition) is 3. The van der Waals surface area contributed by atoms with Crippen LogP contribution in [0.25, 0.3) is 0 Å². The minimum absolute atomic E-state index is 0.417. The smallest absolute Gasteiger partial charge is 0.121 e. The van der Waals surface area contributed by atoms with Gasteiger partial charge in [0.2, 0.25) is 0 Å². The summed E-state index contributed by atoms with van der Waals surface area (Å²) in [4.78, 5) is 0. The number of aryl methyl sites for hydroxylation is 2. The van der Waals surface area contributed by atoms with E-state index in [9.17, 15) is 0 Å². The van der Waals surface area contributed by atoms with Crippen LogP contribution < -0.4 is 10.1 Å². The van der Waals surface area contributed by atoms with Gasteiger partial charge in [-0.25, -0.2) is 0 Å². The molecule has 1 aromatic heterocycles. The van der Waals surface area contributed by atoms with E-state index in [1.54, 1.807) is 7.11 Å². The first kappa shape index (κ1) is 13.3. The summed E-state index contributed by atoms with van der Waals surface area (Å²) in [5, 5.41) is 3.64. The molecule has 2 aromatic rings. The lowest BCUT2D eigenvalue weighted by atomic mass is 9.93. The van der Waals surface area contributed by atoms with Crippen molar-refractivity contribution in [3.63, 3.8) is 0 Å². The van der Waals surface area contributed by atoms with Gasteiger partial charge in [-0.3, -0.25) is 0 Å². The molecule has 1 atom stereocenters. The molecule has 1 heterocycles. The molecule has 1 unspecified atom stereocenters. The number of furan rings is 1. The summed E-state index contributed by atoms with van der Waals surface area (Å²) in [6.07, 6.45) is 5.26. The minimum Gasteiger partial charge on any atom is -0.496 e. The molecule has 20 heavy (non-hydrogen) atoms. The predicted octanol–water partition coefficient (Wildman–Crippen LogP) is 3.76. The highest BCUT2D eigenvalue weighted by Crippen LogP contribution is 2.30. The number of nitrogens with one attached hydrogen (secondary N) is 1. The Labute approximate surface area is 119 Å². The molecule has 1 N–H and O–H groups in total. The van der Waals surface area contributed by atoms with Crippen molar-refractivity contribution in [2.45, 2.75) is 38.8 Å². The zero-order valence-electron chi connectivity index (χ0n) is 12.1. The molecule has 0 saturated heterocycles. The van der Waals surface area contributed by atoms with Crippen LogP contribution in [0, 0.1) is 6.92 Å². The molecule has 0 saturated carbocycles. The van der Waals surface area contributed by atoms with E-state index in [1.807, 2.05) is 12.3 Å². The van der Waals surface area contributed by atoms with E-state index >= 15 is 0 Å². The average molecular weight is 271 g/mol. The van der Waals surface area contributed by atoms with E-state index < -0.39 is 0 Å². The van der Waals surface area contributed by atoms with Gasteiger partial charge in [0.05, 0.1) is 13.4 Å². The van der Waals surface area contributed by atoms with Crippen LogP contribution in [0.4, 0.5) is 0 Å². The summed E-state index contributed by atoms with van der Waals surface area (Å²) >= 11 is 0. The van der Waals surface area contributed by atoms with Crippen molar-refractivity contribution in [2.24, 2.45) is 0 Å². The largest absolute Gasteiger partial charge is 0.496 e. The predicted molar refractivity (Wildman–Crippen MR) is 79.0 cm³/mol. The summed E-state index contributed by atoms with van der Waals surface area (Å²) in [7, 11) is 1.71. The second-order valence-electron chi connectivity index (χ2n) is 5.43. The second-order valence-corrected chi connectivity index (χ2v) is 5.43. The molecule has 0 aliphatic heterocycles. The van der Waals surface area contributed by atoms with Gasteiger partial charge in [-0.05, 0) is 43.0 Å². The van der Waals surface area contributed by atoms with Crippen molar-refractivity contribution in [2.75, 3.05) is 7.11 Å². The summed E-state index contributed by atoms with van der Waals surface area (Å²) in [6, 6.07) is 8.87. The van der Waals surface area contributed by atoms with Gasteiger partial charge >= 0.3 is 0 Å². The molecule has 0 fully saturated rings. The Hall–Kier alpha value is -1.74. The van der Waals surface area contributed by atoms with Crippen LogP contribution in [-0.4, -0.2) is 7.11 Å². The molecule has 1 aliphatic rings. The van der Waals surface area contributed by atoms with Crippen LogP contribution in [0.2, 0.25) is 0 Å². The second kappa shape index (κ2) is 5.71. The van der Waals surface area contributed by atoms with Gasteiger partial charge in [0, 0.05) is 24.6 Å². The molecule has 0 amide bonds. The molecule has 0 spiro atoms. The zero-order valence-corrected chi connectivity index (χ0v) is 12.1. The van der Waals surface area contributed by atoms with Gasteiger partial charge < -0.3 is 14.5 Å². The number of fused-ring (bicyclic) bond motifs is 1. The maximum atomic E-state index is 5.53. The maximum absolute atomic E-state index is 5.53. The lowest BCUT2D eigenvalue weighted by Gasteiger charge is -2.23. The lowest BCUT2D eigenvalue weighted by molar-refractivity contribution is 0.408. The Morgan fingerprint density at radius 3 is 3.05 bits per heavy atom. The van der Waals surface area contributed by atoms with Gasteiger partial charge in [0.1, 0.15) is 11.5 Å². The Bertz CT molecular complexity index is 588. The summed E-state index contributed by atoms with van der Waals surface area (Å²) in [6.45, 7) is 2.96. The van der Waals surface area contributed by atoms with Crippen LogP contribution >= 0.6 is 0 Å². The van der Waals surface area contributed by atoms with Crippen molar-refractivity contribution >= 4 is 0 Å². The van der Waals surface area contributed by atoms with Gasteiger partial charge in [-0.15, -0.1) is 0 Å². The molecular weight excluding hydrogens is 250 g/mol. The molecule has 106 valence electrons. The van der Waals surface area contributed by atoms with Gasteiger partial charge in [-0.2, -0.15) is 0 Å². The van der Waals surface area contributed by atoms with Gasteiger partial charge in [-0.1, -0.05) is 12.1 Å². The maximum Gasteiger partial charge on any atom is 0.121 e. The van der Waals surface area contributed by atoms with Crippen LogP contribution in [0.3, 0.4) is 0 Å². The third kappa shape index (κ3) is 2.59. The minimum atomic E-state index is 0.417. The highest BCUT2D eigenvalue weighted by atomic mass is 16.5. The highest BCUT2D eigenvalue weighted by Gasteiger charge is 2.21. The SMILES string of the molecule is COc1ccc(CNC2CCCc3occc32)cc1C. The van der Waals surface area contributed by atoms with E-state index in [2.05, 4.69) is 30.4 Å². The molecule has 3 nitrogen and oxygen atoms in total. The summed E-state index contributed by atoms with van der Waals surface area (Å²) in [5.41, 5.74) is 3.81. The molecule has 1 aromatic carbocycles. The number of methoxy groups -OCH3 is 1. The fourth-order valence-corrected chi connectivity index (χ4v) is 2.99. The summed E-state index contributed by atoms with van der Waals surface area (Å²) in [5.74, 6) is 2.10. The van der Waals surface area contributed by atoms with E-state index in [0.29, 0.717) is 6.04 Å². The van der Waals surface area contributed by atoms with Crippen LogP contribution in [-0.2, 0) is 13.0 Å². The van der Waals surface area contributed by atoms with Crippen LogP contribution in [0.5, 0.6) is 5.75 Å². The molecule has 0 bridgehead atoms. The first-order chi connectivity index (χ1) is 9.78. The molecule has 0 radical (unpaired) electrons. The Balaban J connectivity index is 1.67. The number of rotatable bonds is 4. The third-order valence-electron chi connectivity index (χ3n) is 4.06. The summed E-state index contributed by atoms with van der Waals surface area (Å²) < 4.78 is 10.8. The van der Waals surface area contributed by atoms with Crippen LogP contribution in [0.1, 0.15) is 41.3 Å². The number of hydrogen-bond donors (Lipinski definition) is 1. The normalized spacial score (nSPS) is 17.8. The quantitative estimate of drug-likeness (QED) is 0.919. The fraction of sp³-hybridized carbons (Fsp3) is 0.412. The van der Waals surface area contributed by atoms with Crippen molar-refractivity contribution in [1.29, 1.82) is 0 Å². The fourth-order valence-electron chi connectivity index (χ4n) is 2.99. The van der Waals surface area contributed by atoms with Crippen molar-refractivity contribution < 1.29 is 9.15 Å². The average Bonchev–Trinajstić information content (AvgIpc) is 2.94. The van der Waals surface area contributed by atoms with E-state index in [4.69, 9.17) is 9.15 Å². The molecule has 1 aliphatic carbocycles. The molecule has 3 rings (SSSR count). The number of ether oxygens (including phenoxy) is 1. The van der Waals surface area contributed by atoms with Crippen molar-refractivity contribution in [3.8, 4) is 5.75 Å². The van der Waals surface area contributed by atoms with Crippen molar-refractivity contribution in [1.82, 2.24) is 5.32 Å². The van der Waals surface area contributed by atoms with Crippen molar-refractivity contribution in [3.05, 3.63) is 53.0 Å². The zero-order chi connectivity index (χ0) is 13.9. The Kier molecular flexibility index (Phi) is 3.79. The topological polar surface area (TPSA) is 34.4 Å². The molecule has 3 heteroatoms. The van der Waals surface area contributed by atoms with Crippen LogP contribution in [0.15, 0.2) is 34.9 Å². The first-order valence-electron chi connectivity index (χ1n) is 7.21. The molecular formula is C17H21NO2. The third-order valence-corrected chi connectivity index (χ3v) is 4.06. The van der Waals surface area contributed by atoms with E-state index in [0.717, 1.165) is 24.5 Å². The highest BCUT2D eigenvalue weighted by molar-refractivity contribution is 5.36. The Morgan fingerprint density at radius 2 is 2.25 bits per heavy atom. The van der Waals surface area contributed by atoms with E-state index in [1.165, 1.54) is 29.5 Å². The number of benzene rings is 1. The monoisotopic (exact) mass is 271 g/mol. The first-order valence-corrected chi connectivity index (χ1v) is 7.21. The van der Waals surface area contributed by atoms with E-state index in [-0.39, 0.29) is 0 Å². The lowest BCUT2D eigenvalue weighted by Crippen LogP contribution is -2.24. The standard InChI is InChI=1S/C17H21NO2/c1-12-10-13(6-7-16(12)19-2)11-18-15-4-3-5-17-14(15)8-9-20-17/h6-10,15,18H,3-5,11H2,1-2H3. The van der Waals surface area contributed by atoms with Gasteiger partial charge in [0.25, 0.3) is 0 Å². The van der Waals surface area contributed by atoms with Gasteiger partial charge in [0.15, 0.2) is 0 Å².